The third kappa shape index (κ3) is 4.61. The quantitative estimate of drug-likeness (QED) is 0.243. The first-order chi connectivity index (χ1) is 10.1. The van der Waals surface area contributed by atoms with Crippen molar-refractivity contribution in [2.75, 3.05) is 11.4 Å². The second-order valence-corrected chi connectivity index (χ2v) is 4.94. The van der Waals surface area contributed by atoms with Crippen LogP contribution in [0.25, 0.3) is 0 Å². The van der Waals surface area contributed by atoms with Crippen molar-refractivity contribution in [3.05, 3.63) is 40.4 Å². The van der Waals surface area contributed by atoms with Gasteiger partial charge in [-0.05, 0) is 19.1 Å². The Morgan fingerprint density at radius 1 is 1.32 bits per heavy atom. The molecule has 0 spiro atoms. The number of hydrogen-bond acceptors (Lipinski definition) is 8. The number of nitro groups is 1. The summed E-state index contributed by atoms with van der Waals surface area (Å²) in [6.45, 7) is 1.62. The highest BCUT2D eigenvalue weighted by Crippen LogP contribution is 2.25. The fraction of sp³-hybridized carbons (Fsp3) is 0.538. The first kappa shape index (κ1) is 18.3. The van der Waals surface area contributed by atoms with E-state index >= 15 is 0 Å². The third-order valence-corrected chi connectivity index (χ3v) is 3.05. The van der Waals surface area contributed by atoms with Crippen molar-refractivity contribution in [2.45, 2.75) is 38.3 Å². The summed E-state index contributed by atoms with van der Waals surface area (Å²) in [6.07, 6.45) is -1.58. The van der Waals surface area contributed by atoms with Gasteiger partial charge in [0.25, 0.3) is 12.4 Å². The Balaban J connectivity index is 3.29. The van der Waals surface area contributed by atoms with Gasteiger partial charge in [0.05, 0.1) is 0 Å². The zero-order chi connectivity index (χ0) is 17.0. The predicted octanol–water partition coefficient (Wildman–Crippen LogP) is -0.608. The highest BCUT2D eigenvalue weighted by Gasteiger charge is 2.47. The Labute approximate surface area is 127 Å². The Morgan fingerprint density at radius 2 is 1.86 bits per heavy atom. The molecule has 0 bridgehead atoms. The van der Waals surface area contributed by atoms with Crippen LogP contribution in [0.1, 0.15) is 20.3 Å². The van der Waals surface area contributed by atoms with E-state index in [0.717, 1.165) is 4.90 Å². The van der Waals surface area contributed by atoms with Crippen LogP contribution in [-0.4, -0.2) is 49.9 Å². The molecule has 0 aromatic heterocycles. The van der Waals surface area contributed by atoms with Gasteiger partial charge >= 0.3 is 0 Å². The van der Waals surface area contributed by atoms with Crippen LogP contribution in [0.2, 0.25) is 0 Å². The van der Waals surface area contributed by atoms with Crippen LogP contribution in [0, 0.1) is 10.1 Å². The summed E-state index contributed by atoms with van der Waals surface area (Å²) in [7, 11) is 0. The Morgan fingerprint density at radius 3 is 2.27 bits per heavy atom. The molecule has 0 saturated carbocycles. The van der Waals surface area contributed by atoms with E-state index in [1.807, 2.05) is 5.32 Å². The van der Waals surface area contributed by atoms with E-state index in [1.54, 1.807) is 18.2 Å². The summed E-state index contributed by atoms with van der Waals surface area (Å²) in [6, 6.07) is 7.95. The highest BCUT2D eigenvalue weighted by molar-refractivity contribution is 5.48. The maximum Gasteiger partial charge on any atom is 0.269 e. The Kier molecular flexibility index (Phi) is 5.80. The highest BCUT2D eigenvalue weighted by atomic mass is 16.6. The Bertz CT molecular complexity index is 496. The SMILES string of the molecule is CCC(O)(O)NC(O)(C[N+](=O)[O-])N(c1ccccc1)C(C)O. The van der Waals surface area contributed by atoms with Crippen molar-refractivity contribution in [1.82, 2.24) is 5.32 Å². The molecule has 0 saturated heterocycles. The fourth-order valence-electron chi connectivity index (χ4n) is 2.09. The smallest absolute Gasteiger partial charge is 0.269 e. The normalized spacial score (nSPS) is 15.9. The molecular formula is C13H21N3O6. The molecule has 9 heteroatoms. The molecule has 124 valence electrons. The second-order valence-electron chi connectivity index (χ2n) is 4.94. The first-order valence-electron chi connectivity index (χ1n) is 6.72. The topological polar surface area (TPSA) is 139 Å². The number of nitrogens with zero attached hydrogens (tertiary/aromatic N) is 2. The van der Waals surface area contributed by atoms with Gasteiger partial charge in [0, 0.05) is 17.0 Å². The van der Waals surface area contributed by atoms with Gasteiger partial charge in [0.1, 0.15) is 6.23 Å². The van der Waals surface area contributed by atoms with Crippen molar-refractivity contribution in [1.29, 1.82) is 0 Å². The van der Waals surface area contributed by atoms with Gasteiger partial charge in [-0.1, -0.05) is 25.1 Å². The number of hydrogen-bond donors (Lipinski definition) is 5. The molecule has 1 rings (SSSR count). The molecule has 0 radical (unpaired) electrons. The summed E-state index contributed by atoms with van der Waals surface area (Å²) in [5, 5.41) is 52.9. The van der Waals surface area contributed by atoms with E-state index in [0.29, 0.717) is 0 Å². The summed E-state index contributed by atoms with van der Waals surface area (Å²) in [4.78, 5) is 11.0. The molecule has 0 fully saturated rings. The molecule has 0 aliphatic carbocycles. The van der Waals surface area contributed by atoms with E-state index in [-0.39, 0.29) is 12.1 Å². The predicted molar refractivity (Wildman–Crippen MR) is 78.0 cm³/mol. The molecule has 0 aliphatic rings. The molecule has 9 nitrogen and oxygen atoms in total. The summed E-state index contributed by atoms with van der Waals surface area (Å²) >= 11 is 0. The minimum atomic E-state index is -2.55. The number of aliphatic hydroxyl groups excluding tert-OH is 1. The number of nitrogens with one attached hydrogen (secondary N) is 1. The van der Waals surface area contributed by atoms with E-state index < -0.39 is 29.5 Å². The number of benzene rings is 1. The first-order valence-corrected chi connectivity index (χ1v) is 6.72. The van der Waals surface area contributed by atoms with E-state index in [1.165, 1.54) is 26.0 Å². The zero-order valence-electron chi connectivity index (χ0n) is 12.4. The molecule has 0 heterocycles. The molecule has 0 aliphatic heterocycles. The molecule has 2 atom stereocenters. The van der Waals surface area contributed by atoms with E-state index in [4.69, 9.17) is 0 Å². The maximum absolute atomic E-state index is 10.9. The largest absolute Gasteiger partial charge is 0.374 e. The lowest BCUT2D eigenvalue weighted by Gasteiger charge is -2.43. The van der Waals surface area contributed by atoms with Gasteiger partial charge in [0.2, 0.25) is 5.91 Å². The van der Waals surface area contributed by atoms with Crippen LogP contribution >= 0.6 is 0 Å². The van der Waals surface area contributed by atoms with Crippen LogP contribution in [0.3, 0.4) is 0 Å². The minimum Gasteiger partial charge on any atom is -0.374 e. The number of rotatable bonds is 8. The lowest BCUT2D eigenvalue weighted by Crippen LogP contribution is -2.71. The van der Waals surface area contributed by atoms with Crippen LogP contribution in [-0.2, 0) is 0 Å². The van der Waals surface area contributed by atoms with Crippen molar-refractivity contribution in [3.8, 4) is 0 Å². The fourth-order valence-corrected chi connectivity index (χ4v) is 2.09. The van der Waals surface area contributed by atoms with Crippen molar-refractivity contribution >= 4 is 5.69 Å². The summed E-state index contributed by atoms with van der Waals surface area (Å²) in [5.74, 6) is -5.06. The van der Waals surface area contributed by atoms with E-state index in [2.05, 4.69) is 0 Å². The number of aliphatic hydroxyl groups is 4. The maximum atomic E-state index is 10.9. The van der Waals surface area contributed by atoms with Gasteiger partial charge in [-0.15, -0.1) is 0 Å². The van der Waals surface area contributed by atoms with Crippen LogP contribution < -0.4 is 10.2 Å². The summed E-state index contributed by atoms with van der Waals surface area (Å²) in [5.41, 5.74) is 0.265. The van der Waals surface area contributed by atoms with Gasteiger partial charge in [-0.3, -0.25) is 15.0 Å². The standard InChI is InChI=1S/C13H21N3O6/c1-3-13(19,20)14-12(18,9-15(21)22)16(10(2)17)11-7-5-4-6-8-11/h4-8,10,14,17-20H,3,9H2,1-2H3. The molecule has 0 amide bonds. The number of para-hydroxylation sites is 1. The van der Waals surface area contributed by atoms with Gasteiger partial charge in [-0.2, -0.15) is 0 Å². The van der Waals surface area contributed by atoms with Crippen molar-refractivity contribution in [2.24, 2.45) is 0 Å². The third-order valence-electron chi connectivity index (χ3n) is 3.05. The molecule has 22 heavy (non-hydrogen) atoms. The van der Waals surface area contributed by atoms with Gasteiger partial charge < -0.3 is 20.4 Å². The zero-order valence-corrected chi connectivity index (χ0v) is 12.4. The Hall–Kier alpha value is -1.78. The van der Waals surface area contributed by atoms with E-state index in [9.17, 15) is 30.5 Å². The van der Waals surface area contributed by atoms with Crippen LogP contribution in [0.15, 0.2) is 30.3 Å². The van der Waals surface area contributed by atoms with Crippen molar-refractivity contribution in [3.63, 3.8) is 0 Å². The van der Waals surface area contributed by atoms with Crippen LogP contribution in [0.4, 0.5) is 5.69 Å². The molecular weight excluding hydrogens is 294 g/mol. The van der Waals surface area contributed by atoms with Gasteiger partial charge in [0.15, 0.2) is 0 Å². The second kappa shape index (κ2) is 6.99. The average Bonchev–Trinajstić information content (AvgIpc) is 2.37. The average molecular weight is 315 g/mol. The molecule has 1 aromatic carbocycles. The monoisotopic (exact) mass is 315 g/mol. The van der Waals surface area contributed by atoms with Crippen molar-refractivity contribution < 1.29 is 25.3 Å². The molecule has 5 N–H and O–H groups in total. The number of anilines is 1. The lowest BCUT2D eigenvalue weighted by molar-refractivity contribution is -0.506. The minimum absolute atomic E-state index is 0.241. The molecule has 2 unspecified atom stereocenters. The summed E-state index contributed by atoms with van der Waals surface area (Å²) < 4.78 is 0. The lowest BCUT2D eigenvalue weighted by atomic mass is 10.2. The molecule has 1 aromatic rings. The van der Waals surface area contributed by atoms with Crippen LogP contribution in [0.5, 0.6) is 0 Å². The van der Waals surface area contributed by atoms with Gasteiger partial charge in [-0.25, -0.2) is 5.32 Å².